The first kappa shape index (κ1) is 21.2. The van der Waals surface area contributed by atoms with Crippen molar-refractivity contribution in [1.82, 2.24) is 0 Å². The van der Waals surface area contributed by atoms with E-state index in [9.17, 15) is 4.57 Å². The average molecular weight is 381 g/mol. The van der Waals surface area contributed by atoms with Crippen LogP contribution in [0.15, 0.2) is 0 Å². The predicted octanol–water partition coefficient (Wildman–Crippen LogP) is 3.76. The van der Waals surface area contributed by atoms with Gasteiger partial charge < -0.3 is 13.8 Å². The van der Waals surface area contributed by atoms with E-state index in [0.29, 0.717) is 36.9 Å². The molecule has 117 valence electrons. The number of ether oxygens (including phenoxy) is 1. The Labute approximate surface area is 149 Å². The van der Waals surface area contributed by atoms with Gasteiger partial charge in [-0.2, -0.15) is 0 Å². The van der Waals surface area contributed by atoms with Crippen LogP contribution in [-0.4, -0.2) is 25.4 Å². The molecule has 1 heterocycles. The summed E-state index contributed by atoms with van der Waals surface area (Å²) in [6.07, 6.45) is 0.265. The van der Waals surface area contributed by atoms with E-state index >= 15 is 0 Å². The molecule has 1 aliphatic heterocycles. The average Bonchev–Trinajstić information content (AvgIpc) is 2.60. The quantitative estimate of drug-likeness (QED) is 0.630. The Balaban J connectivity index is 0.00000361. The van der Waals surface area contributed by atoms with E-state index in [1.807, 2.05) is 13.8 Å². The van der Waals surface area contributed by atoms with Gasteiger partial charge in [-0.3, -0.25) is 4.57 Å². The molecule has 1 radical (unpaired) electrons. The molecule has 0 bridgehead atoms. The van der Waals surface area contributed by atoms with Crippen molar-refractivity contribution in [3.05, 3.63) is 0 Å². The van der Waals surface area contributed by atoms with Crippen molar-refractivity contribution in [3.63, 3.8) is 0 Å². The van der Waals surface area contributed by atoms with E-state index in [2.05, 4.69) is 27.7 Å². The van der Waals surface area contributed by atoms with Gasteiger partial charge in [0.1, 0.15) is 0 Å². The standard InChI is InChI=1S/C14H29O4P.Y/c1-9(2)7-16-19(15)17-8-13-14(10(3)4)11(5)12(6)18-13;/h9-14,19H,7-8H2,1-6H3;/t11-,12+,13-,14?;/m1./s1. The molecule has 5 atom stereocenters. The molecule has 0 aromatic heterocycles. The van der Waals surface area contributed by atoms with Crippen LogP contribution < -0.4 is 0 Å². The summed E-state index contributed by atoms with van der Waals surface area (Å²) >= 11 is 0. The molecule has 1 fully saturated rings. The maximum absolute atomic E-state index is 11.6. The van der Waals surface area contributed by atoms with Crippen LogP contribution in [0.5, 0.6) is 0 Å². The molecule has 0 aromatic carbocycles. The SMILES string of the molecule is CC(C)CO[PH](=O)OC[C@H]1O[C@@H](C)[C@@H](C)C1C(C)C.[Y]. The maximum Gasteiger partial charge on any atom is 0.319 e. The Hall–Kier alpha value is 1.21. The van der Waals surface area contributed by atoms with Gasteiger partial charge >= 0.3 is 8.25 Å². The van der Waals surface area contributed by atoms with E-state index in [-0.39, 0.29) is 44.9 Å². The first-order valence-electron chi connectivity index (χ1n) is 7.28. The fourth-order valence-corrected chi connectivity index (χ4v) is 3.61. The molecular formula is C14H29O4PY. The van der Waals surface area contributed by atoms with Crippen LogP contribution in [0.2, 0.25) is 0 Å². The molecule has 0 spiro atoms. The normalized spacial score (nSPS) is 31.6. The molecule has 1 saturated heterocycles. The van der Waals surface area contributed by atoms with Crippen molar-refractivity contribution >= 4 is 8.25 Å². The van der Waals surface area contributed by atoms with Crippen molar-refractivity contribution in [1.29, 1.82) is 0 Å². The Morgan fingerprint density at radius 2 is 1.75 bits per heavy atom. The smallest absolute Gasteiger partial charge is 0.319 e. The van der Waals surface area contributed by atoms with E-state index in [4.69, 9.17) is 13.8 Å². The van der Waals surface area contributed by atoms with Gasteiger partial charge in [-0.05, 0) is 30.6 Å². The number of hydrogen-bond acceptors (Lipinski definition) is 4. The van der Waals surface area contributed by atoms with Crippen LogP contribution in [-0.2, 0) is 51.1 Å². The van der Waals surface area contributed by atoms with Crippen LogP contribution >= 0.6 is 8.25 Å². The third-order valence-corrected chi connectivity index (χ3v) is 4.64. The minimum absolute atomic E-state index is 0. The van der Waals surface area contributed by atoms with Crippen LogP contribution in [0.25, 0.3) is 0 Å². The molecule has 0 N–H and O–H groups in total. The Morgan fingerprint density at radius 1 is 1.15 bits per heavy atom. The third-order valence-electron chi connectivity index (χ3n) is 3.84. The van der Waals surface area contributed by atoms with Gasteiger partial charge in [-0.25, -0.2) is 0 Å². The summed E-state index contributed by atoms with van der Waals surface area (Å²) < 4.78 is 28.1. The van der Waals surface area contributed by atoms with Gasteiger partial charge in [-0.15, -0.1) is 0 Å². The topological polar surface area (TPSA) is 44.8 Å². The molecule has 0 amide bonds. The summed E-state index contributed by atoms with van der Waals surface area (Å²) in [4.78, 5) is 0. The Bertz CT molecular complexity index is 299. The van der Waals surface area contributed by atoms with E-state index in [0.717, 1.165) is 0 Å². The van der Waals surface area contributed by atoms with Crippen molar-refractivity contribution < 1.29 is 51.1 Å². The van der Waals surface area contributed by atoms with Crippen molar-refractivity contribution in [2.75, 3.05) is 13.2 Å². The van der Waals surface area contributed by atoms with Crippen molar-refractivity contribution in [3.8, 4) is 0 Å². The summed E-state index contributed by atoms with van der Waals surface area (Å²) in [5, 5.41) is 0. The maximum atomic E-state index is 11.6. The van der Waals surface area contributed by atoms with Crippen LogP contribution in [0, 0.1) is 23.7 Å². The van der Waals surface area contributed by atoms with Crippen LogP contribution in [0.4, 0.5) is 0 Å². The molecule has 0 saturated carbocycles. The van der Waals surface area contributed by atoms with Crippen molar-refractivity contribution in [2.24, 2.45) is 23.7 Å². The minimum Gasteiger partial charge on any atom is -0.372 e. The zero-order valence-corrected chi connectivity index (χ0v) is 17.4. The molecule has 2 unspecified atom stereocenters. The molecule has 4 nitrogen and oxygen atoms in total. The second-order valence-corrected chi connectivity index (χ2v) is 7.40. The zero-order valence-electron chi connectivity index (χ0n) is 13.6. The molecular weight excluding hydrogens is 352 g/mol. The van der Waals surface area contributed by atoms with Gasteiger partial charge in [0.25, 0.3) is 0 Å². The fourth-order valence-electron chi connectivity index (χ4n) is 2.76. The first-order valence-corrected chi connectivity index (χ1v) is 8.50. The minimum atomic E-state index is -2.38. The number of hydrogen-bond donors (Lipinski definition) is 0. The molecule has 1 rings (SSSR count). The van der Waals surface area contributed by atoms with Crippen LogP contribution in [0.3, 0.4) is 0 Å². The zero-order chi connectivity index (χ0) is 14.6. The molecule has 0 aliphatic carbocycles. The Kier molecular flexibility index (Phi) is 10.7. The van der Waals surface area contributed by atoms with Gasteiger partial charge in [0.2, 0.25) is 0 Å². The second kappa shape index (κ2) is 10.1. The summed E-state index contributed by atoms with van der Waals surface area (Å²) in [6.45, 7) is 13.6. The molecule has 20 heavy (non-hydrogen) atoms. The molecule has 0 aromatic rings. The summed E-state index contributed by atoms with van der Waals surface area (Å²) in [5.41, 5.74) is 0. The summed E-state index contributed by atoms with van der Waals surface area (Å²) in [7, 11) is -2.38. The first-order chi connectivity index (χ1) is 8.82. The molecule has 6 heteroatoms. The predicted molar refractivity (Wildman–Crippen MR) is 77.6 cm³/mol. The third kappa shape index (κ3) is 6.54. The number of rotatable bonds is 7. The van der Waals surface area contributed by atoms with Gasteiger partial charge in [0.15, 0.2) is 0 Å². The van der Waals surface area contributed by atoms with Crippen LogP contribution in [0.1, 0.15) is 41.5 Å². The van der Waals surface area contributed by atoms with E-state index in [1.165, 1.54) is 0 Å². The van der Waals surface area contributed by atoms with E-state index < -0.39 is 8.25 Å². The van der Waals surface area contributed by atoms with Gasteiger partial charge in [0, 0.05) is 32.7 Å². The molecule has 1 aliphatic rings. The summed E-state index contributed by atoms with van der Waals surface area (Å²) in [5.74, 6) is 1.86. The Morgan fingerprint density at radius 3 is 2.25 bits per heavy atom. The summed E-state index contributed by atoms with van der Waals surface area (Å²) in [6, 6.07) is 0. The van der Waals surface area contributed by atoms with E-state index in [1.54, 1.807) is 0 Å². The largest absolute Gasteiger partial charge is 0.372 e. The van der Waals surface area contributed by atoms with Gasteiger partial charge in [0.05, 0.1) is 25.4 Å². The monoisotopic (exact) mass is 381 g/mol. The second-order valence-electron chi connectivity index (χ2n) is 6.33. The van der Waals surface area contributed by atoms with Crippen molar-refractivity contribution in [2.45, 2.75) is 53.8 Å². The van der Waals surface area contributed by atoms with Gasteiger partial charge in [-0.1, -0.05) is 34.6 Å². The fraction of sp³-hybridized carbons (Fsp3) is 1.00.